The average Bonchev–Trinajstić information content (AvgIpc) is 3.24. The summed E-state index contributed by atoms with van der Waals surface area (Å²) in [6.45, 7) is 0.258. The third-order valence-electron chi connectivity index (χ3n) is 3.21. The standard InChI is InChI=1S/C17H13ClN4O3/c18-13-3-1-2-4-14(13)24-11-12-5-6-15(25-12)17(23)20-16-7-9-22(21-16)10-8-19/h1-7,9H,10-11H2,(H,20,21,23). The van der Waals surface area contributed by atoms with Crippen LogP contribution in [0.2, 0.25) is 5.02 Å². The lowest BCUT2D eigenvalue weighted by Gasteiger charge is -2.05. The van der Waals surface area contributed by atoms with Crippen molar-refractivity contribution >= 4 is 23.3 Å². The van der Waals surface area contributed by atoms with Crippen molar-refractivity contribution in [1.29, 1.82) is 5.26 Å². The number of amides is 1. The summed E-state index contributed by atoms with van der Waals surface area (Å²) < 4.78 is 12.4. The van der Waals surface area contributed by atoms with E-state index >= 15 is 0 Å². The summed E-state index contributed by atoms with van der Waals surface area (Å²) in [5.74, 6) is 1.05. The number of nitrogens with zero attached hydrogens (tertiary/aromatic N) is 3. The van der Waals surface area contributed by atoms with Gasteiger partial charge in [-0.25, -0.2) is 0 Å². The number of nitrogens with one attached hydrogen (secondary N) is 1. The van der Waals surface area contributed by atoms with Gasteiger partial charge in [0, 0.05) is 12.3 Å². The molecule has 0 saturated heterocycles. The van der Waals surface area contributed by atoms with Crippen LogP contribution in [-0.4, -0.2) is 15.7 Å². The molecule has 0 spiro atoms. The minimum Gasteiger partial charge on any atom is -0.484 e. The number of hydrogen-bond acceptors (Lipinski definition) is 5. The van der Waals surface area contributed by atoms with E-state index in [0.717, 1.165) is 0 Å². The molecule has 2 aromatic heterocycles. The summed E-state index contributed by atoms with van der Waals surface area (Å²) >= 11 is 6.01. The van der Waals surface area contributed by atoms with E-state index in [1.165, 1.54) is 4.68 Å². The van der Waals surface area contributed by atoms with Gasteiger partial charge >= 0.3 is 0 Å². The quantitative estimate of drug-likeness (QED) is 0.729. The van der Waals surface area contributed by atoms with Crippen LogP contribution in [0.3, 0.4) is 0 Å². The average molecular weight is 357 g/mol. The molecule has 0 unspecified atom stereocenters. The maximum absolute atomic E-state index is 12.1. The highest BCUT2D eigenvalue weighted by molar-refractivity contribution is 6.32. The Kier molecular flexibility index (Phi) is 5.02. The van der Waals surface area contributed by atoms with Crippen LogP contribution < -0.4 is 10.1 Å². The molecule has 3 aromatic rings. The zero-order valence-corrected chi connectivity index (χ0v) is 13.7. The SMILES string of the molecule is N#CCn1ccc(NC(=O)c2ccc(COc3ccccc3Cl)o2)n1. The van der Waals surface area contributed by atoms with Crippen molar-refractivity contribution in [2.45, 2.75) is 13.2 Å². The fourth-order valence-electron chi connectivity index (χ4n) is 2.05. The van der Waals surface area contributed by atoms with Gasteiger partial charge in [0.1, 0.15) is 24.7 Å². The number of anilines is 1. The number of carbonyl (C=O) groups is 1. The maximum Gasteiger partial charge on any atom is 0.292 e. The summed E-state index contributed by atoms with van der Waals surface area (Å²) in [6.07, 6.45) is 1.60. The van der Waals surface area contributed by atoms with Gasteiger partial charge in [-0.2, -0.15) is 10.4 Å². The van der Waals surface area contributed by atoms with Crippen LogP contribution in [0.25, 0.3) is 0 Å². The molecule has 0 aliphatic rings. The number of para-hydroxylation sites is 1. The Morgan fingerprint density at radius 2 is 2.16 bits per heavy atom. The number of halogens is 1. The molecule has 8 heteroatoms. The van der Waals surface area contributed by atoms with E-state index in [0.29, 0.717) is 22.4 Å². The first-order valence-electron chi connectivity index (χ1n) is 7.33. The van der Waals surface area contributed by atoms with Gasteiger partial charge in [0.15, 0.2) is 11.6 Å². The first-order valence-corrected chi connectivity index (χ1v) is 7.71. The van der Waals surface area contributed by atoms with Gasteiger partial charge in [-0.05, 0) is 24.3 Å². The summed E-state index contributed by atoms with van der Waals surface area (Å²) in [5.41, 5.74) is 0. The maximum atomic E-state index is 12.1. The highest BCUT2D eigenvalue weighted by Crippen LogP contribution is 2.24. The van der Waals surface area contributed by atoms with Crippen LogP contribution in [0, 0.1) is 11.3 Å². The molecule has 0 aliphatic carbocycles. The van der Waals surface area contributed by atoms with Crippen LogP contribution in [0.5, 0.6) is 5.75 Å². The van der Waals surface area contributed by atoms with Crippen LogP contribution in [0.1, 0.15) is 16.3 Å². The van der Waals surface area contributed by atoms with Crippen molar-refractivity contribution in [1.82, 2.24) is 9.78 Å². The summed E-state index contributed by atoms with van der Waals surface area (Å²) in [7, 11) is 0. The second kappa shape index (κ2) is 7.55. The molecule has 0 aliphatic heterocycles. The summed E-state index contributed by atoms with van der Waals surface area (Å²) in [6, 6.07) is 13.9. The van der Waals surface area contributed by atoms with Gasteiger partial charge in [-0.1, -0.05) is 23.7 Å². The molecule has 2 heterocycles. The normalized spacial score (nSPS) is 10.2. The van der Waals surface area contributed by atoms with E-state index < -0.39 is 5.91 Å². The zero-order chi connectivity index (χ0) is 17.6. The topological polar surface area (TPSA) is 93.1 Å². The van der Waals surface area contributed by atoms with Crippen LogP contribution in [-0.2, 0) is 13.2 Å². The third-order valence-corrected chi connectivity index (χ3v) is 3.52. The highest BCUT2D eigenvalue weighted by atomic mass is 35.5. The molecule has 126 valence electrons. The Morgan fingerprint density at radius 3 is 2.96 bits per heavy atom. The molecule has 0 bridgehead atoms. The summed E-state index contributed by atoms with van der Waals surface area (Å²) in [4.78, 5) is 12.1. The Hall–Kier alpha value is -3.24. The number of aromatic nitrogens is 2. The molecular weight excluding hydrogens is 344 g/mol. The summed E-state index contributed by atoms with van der Waals surface area (Å²) in [5, 5.41) is 15.7. The molecule has 25 heavy (non-hydrogen) atoms. The number of furan rings is 1. The van der Waals surface area contributed by atoms with E-state index in [9.17, 15) is 4.79 Å². The van der Waals surface area contributed by atoms with Gasteiger partial charge in [-0.15, -0.1) is 0 Å². The Morgan fingerprint density at radius 1 is 1.32 bits per heavy atom. The number of ether oxygens (including phenoxy) is 1. The lowest BCUT2D eigenvalue weighted by Crippen LogP contribution is -2.11. The molecule has 7 nitrogen and oxygen atoms in total. The monoisotopic (exact) mass is 356 g/mol. The highest BCUT2D eigenvalue weighted by Gasteiger charge is 2.13. The van der Waals surface area contributed by atoms with Crippen molar-refractivity contribution in [3.8, 4) is 11.8 Å². The van der Waals surface area contributed by atoms with Crippen molar-refractivity contribution in [2.24, 2.45) is 0 Å². The van der Waals surface area contributed by atoms with Gasteiger partial charge in [-0.3, -0.25) is 9.48 Å². The fourth-order valence-corrected chi connectivity index (χ4v) is 2.25. The minimum absolute atomic E-state index is 0.111. The Labute approximate surface area is 148 Å². The molecule has 0 atom stereocenters. The van der Waals surface area contributed by atoms with Crippen LogP contribution in [0.4, 0.5) is 5.82 Å². The molecule has 0 saturated carbocycles. The van der Waals surface area contributed by atoms with Crippen molar-refractivity contribution in [3.05, 3.63) is 65.2 Å². The van der Waals surface area contributed by atoms with Crippen LogP contribution >= 0.6 is 11.6 Å². The largest absolute Gasteiger partial charge is 0.484 e. The van der Waals surface area contributed by atoms with Crippen molar-refractivity contribution in [3.63, 3.8) is 0 Å². The minimum atomic E-state index is -0.439. The number of benzene rings is 1. The van der Waals surface area contributed by atoms with Gasteiger partial charge in [0.25, 0.3) is 5.91 Å². The Balaban J connectivity index is 1.59. The number of nitriles is 1. The second-order valence-corrected chi connectivity index (χ2v) is 5.40. The Bertz CT molecular complexity index is 926. The van der Waals surface area contributed by atoms with Gasteiger partial charge in [0.2, 0.25) is 0 Å². The van der Waals surface area contributed by atoms with Crippen LogP contribution in [0.15, 0.2) is 53.1 Å². The molecule has 3 rings (SSSR count). The first-order chi connectivity index (χ1) is 12.2. The molecule has 1 N–H and O–H groups in total. The van der Waals surface area contributed by atoms with E-state index in [-0.39, 0.29) is 18.9 Å². The van der Waals surface area contributed by atoms with Gasteiger partial charge < -0.3 is 14.5 Å². The van der Waals surface area contributed by atoms with E-state index in [4.69, 9.17) is 26.0 Å². The smallest absolute Gasteiger partial charge is 0.292 e. The van der Waals surface area contributed by atoms with E-state index in [2.05, 4.69) is 10.4 Å². The molecule has 1 amide bonds. The predicted octanol–water partition coefficient (Wildman–Crippen LogP) is 3.48. The predicted molar refractivity (Wildman–Crippen MR) is 90.3 cm³/mol. The molecule has 0 radical (unpaired) electrons. The number of hydrogen-bond donors (Lipinski definition) is 1. The van der Waals surface area contributed by atoms with E-state index in [1.54, 1.807) is 36.5 Å². The second-order valence-electron chi connectivity index (χ2n) is 5.00. The molecular formula is C17H13ClN4O3. The zero-order valence-electron chi connectivity index (χ0n) is 13.0. The molecule has 0 fully saturated rings. The molecule has 1 aromatic carbocycles. The first kappa shape index (κ1) is 16.6. The van der Waals surface area contributed by atoms with Crippen molar-refractivity contribution in [2.75, 3.05) is 5.32 Å². The number of carbonyl (C=O) groups excluding carboxylic acids is 1. The van der Waals surface area contributed by atoms with Crippen molar-refractivity contribution < 1.29 is 13.9 Å². The lowest BCUT2D eigenvalue weighted by molar-refractivity contribution is 0.0992. The fraction of sp³-hybridized carbons (Fsp3) is 0.118. The van der Waals surface area contributed by atoms with Gasteiger partial charge in [0.05, 0.1) is 11.1 Å². The van der Waals surface area contributed by atoms with E-state index in [1.807, 2.05) is 18.2 Å². The lowest BCUT2D eigenvalue weighted by atomic mass is 10.3. The number of rotatable bonds is 6. The third kappa shape index (κ3) is 4.19.